The zero-order valence-corrected chi connectivity index (χ0v) is 15.0. The molecule has 0 spiro atoms. The van der Waals surface area contributed by atoms with Crippen molar-refractivity contribution in [3.8, 4) is 0 Å². The van der Waals surface area contributed by atoms with E-state index in [9.17, 15) is 0 Å². The summed E-state index contributed by atoms with van der Waals surface area (Å²) in [6.07, 6.45) is 6.83. The van der Waals surface area contributed by atoms with Crippen LogP contribution >= 0.6 is 0 Å². The predicted molar refractivity (Wildman–Crippen MR) is 91.8 cm³/mol. The monoisotopic (exact) mass is 295 g/mol. The van der Waals surface area contributed by atoms with Gasteiger partial charge in [-0.2, -0.15) is 0 Å². The van der Waals surface area contributed by atoms with Crippen LogP contribution in [0.25, 0.3) is 0 Å². The molecule has 124 valence electrons. The van der Waals surface area contributed by atoms with Gasteiger partial charge in [-0.1, -0.05) is 13.3 Å². The van der Waals surface area contributed by atoms with E-state index in [-0.39, 0.29) is 5.54 Å². The van der Waals surface area contributed by atoms with E-state index >= 15 is 0 Å². The van der Waals surface area contributed by atoms with E-state index < -0.39 is 0 Å². The molecular formula is C18H37N3. The minimum absolute atomic E-state index is 0.232. The molecule has 0 amide bonds. The van der Waals surface area contributed by atoms with Gasteiger partial charge in [0.25, 0.3) is 0 Å². The molecule has 3 heteroatoms. The first-order valence-corrected chi connectivity index (χ1v) is 9.10. The highest BCUT2D eigenvalue weighted by Gasteiger charge is 2.36. The molecule has 0 saturated carbocycles. The molecule has 21 heavy (non-hydrogen) atoms. The van der Waals surface area contributed by atoms with Crippen molar-refractivity contribution >= 4 is 0 Å². The van der Waals surface area contributed by atoms with Gasteiger partial charge in [0, 0.05) is 30.7 Å². The van der Waals surface area contributed by atoms with E-state index in [0.29, 0.717) is 0 Å². The van der Waals surface area contributed by atoms with Crippen molar-refractivity contribution < 1.29 is 0 Å². The zero-order valence-electron chi connectivity index (χ0n) is 15.0. The topological polar surface area (TPSA) is 18.5 Å². The number of nitrogens with one attached hydrogen (secondary N) is 1. The molecule has 1 N–H and O–H groups in total. The molecule has 3 nitrogen and oxygen atoms in total. The van der Waals surface area contributed by atoms with E-state index in [2.05, 4.69) is 49.9 Å². The van der Waals surface area contributed by atoms with Crippen molar-refractivity contribution in [1.82, 2.24) is 15.1 Å². The Labute approximate surface area is 132 Å². The van der Waals surface area contributed by atoms with Gasteiger partial charge in [-0.3, -0.25) is 4.90 Å². The van der Waals surface area contributed by atoms with Gasteiger partial charge in [0.2, 0.25) is 0 Å². The molecule has 2 fully saturated rings. The Morgan fingerprint density at radius 3 is 2.62 bits per heavy atom. The second kappa shape index (κ2) is 7.43. The highest BCUT2D eigenvalue weighted by Crippen LogP contribution is 2.30. The van der Waals surface area contributed by atoms with Crippen LogP contribution in [0.15, 0.2) is 0 Å². The van der Waals surface area contributed by atoms with Gasteiger partial charge in [0.05, 0.1) is 0 Å². The number of hydrogen-bond donors (Lipinski definition) is 1. The number of likely N-dealkylation sites (tertiary alicyclic amines) is 2. The maximum atomic E-state index is 3.73. The Kier molecular flexibility index (Phi) is 6.10. The highest BCUT2D eigenvalue weighted by atomic mass is 15.2. The van der Waals surface area contributed by atoms with E-state index in [0.717, 1.165) is 24.5 Å². The lowest BCUT2D eigenvalue weighted by Crippen LogP contribution is -2.57. The Morgan fingerprint density at radius 1 is 1.19 bits per heavy atom. The van der Waals surface area contributed by atoms with Gasteiger partial charge < -0.3 is 10.2 Å². The molecule has 0 radical (unpaired) electrons. The fourth-order valence-electron chi connectivity index (χ4n) is 4.18. The zero-order chi connectivity index (χ0) is 15.5. The minimum atomic E-state index is 0.232. The lowest BCUT2D eigenvalue weighted by atomic mass is 9.83. The average Bonchev–Trinajstić information content (AvgIpc) is 2.42. The van der Waals surface area contributed by atoms with Crippen LogP contribution in [-0.2, 0) is 0 Å². The second-order valence-corrected chi connectivity index (χ2v) is 8.31. The van der Waals surface area contributed by atoms with Crippen LogP contribution in [0.3, 0.4) is 0 Å². The number of hydrogen-bond acceptors (Lipinski definition) is 3. The van der Waals surface area contributed by atoms with Gasteiger partial charge in [0.15, 0.2) is 0 Å². The summed E-state index contributed by atoms with van der Waals surface area (Å²) in [4.78, 5) is 5.41. The lowest BCUT2D eigenvalue weighted by Gasteiger charge is -2.48. The molecule has 3 atom stereocenters. The quantitative estimate of drug-likeness (QED) is 0.841. The molecule has 0 aromatic heterocycles. The Morgan fingerprint density at radius 2 is 1.95 bits per heavy atom. The normalized spacial score (nSPS) is 30.1. The van der Waals surface area contributed by atoms with Crippen LogP contribution in [0, 0.1) is 5.92 Å². The summed E-state index contributed by atoms with van der Waals surface area (Å²) in [5, 5.41) is 3.73. The molecule has 2 aliphatic rings. The van der Waals surface area contributed by atoms with E-state index in [1.807, 2.05) is 0 Å². The molecule has 2 aliphatic heterocycles. The third-order valence-corrected chi connectivity index (χ3v) is 5.38. The van der Waals surface area contributed by atoms with Crippen LogP contribution in [0.2, 0.25) is 0 Å². The van der Waals surface area contributed by atoms with Crippen molar-refractivity contribution in [3.05, 3.63) is 0 Å². The summed E-state index contributed by atoms with van der Waals surface area (Å²) in [6, 6.07) is 1.58. The molecule has 0 aliphatic carbocycles. The molecular weight excluding hydrogens is 258 g/mol. The standard InChI is InChI=1S/C18H37N3/c1-6-8-16(13-19-18(2,3)4)21-12-10-17-15(14-21)9-7-11-20(17)5/h15-17,19H,6-14H2,1-5H3. The summed E-state index contributed by atoms with van der Waals surface area (Å²) in [6.45, 7) is 14.2. The number of piperidine rings is 2. The van der Waals surface area contributed by atoms with E-state index in [4.69, 9.17) is 0 Å². The fraction of sp³-hybridized carbons (Fsp3) is 1.00. The lowest BCUT2D eigenvalue weighted by molar-refractivity contribution is 0.0172. The first-order chi connectivity index (χ1) is 9.90. The van der Waals surface area contributed by atoms with Gasteiger partial charge in [0.1, 0.15) is 0 Å². The Bertz CT molecular complexity index is 310. The van der Waals surface area contributed by atoms with Crippen LogP contribution in [0.4, 0.5) is 0 Å². The molecule has 2 saturated heterocycles. The van der Waals surface area contributed by atoms with Crippen LogP contribution < -0.4 is 5.32 Å². The minimum Gasteiger partial charge on any atom is -0.311 e. The second-order valence-electron chi connectivity index (χ2n) is 8.31. The molecule has 3 unspecified atom stereocenters. The van der Waals surface area contributed by atoms with Crippen molar-refractivity contribution in [3.63, 3.8) is 0 Å². The molecule has 2 rings (SSSR count). The average molecular weight is 296 g/mol. The van der Waals surface area contributed by atoms with Crippen LogP contribution in [0.5, 0.6) is 0 Å². The number of fused-ring (bicyclic) bond motifs is 1. The largest absolute Gasteiger partial charge is 0.311 e. The van der Waals surface area contributed by atoms with Crippen molar-refractivity contribution in [2.75, 3.05) is 33.2 Å². The highest BCUT2D eigenvalue weighted by molar-refractivity contribution is 4.92. The third kappa shape index (κ3) is 4.94. The van der Waals surface area contributed by atoms with Crippen molar-refractivity contribution in [2.24, 2.45) is 5.92 Å². The SMILES string of the molecule is CCCC(CNC(C)(C)C)N1CCC2C(CCCN2C)C1. The first kappa shape index (κ1) is 17.2. The van der Waals surface area contributed by atoms with E-state index in [1.54, 1.807) is 0 Å². The maximum absolute atomic E-state index is 3.73. The van der Waals surface area contributed by atoms with Crippen molar-refractivity contribution in [2.45, 2.75) is 77.4 Å². The summed E-state index contributed by atoms with van der Waals surface area (Å²) in [7, 11) is 2.33. The summed E-state index contributed by atoms with van der Waals surface area (Å²) < 4.78 is 0. The van der Waals surface area contributed by atoms with Crippen molar-refractivity contribution in [1.29, 1.82) is 0 Å². The summed E-state index contributed by atoms with van der Waals surface area (Å²) >= 11 is 0. The third-order valence-electron chi connectivity index (χ3n) is 5.38. The molecule has 0 bridgehead atoms. The molecule has 0 aromatic rings. The Hall–Kier alpha value is -0.120. The smallest absolute Gasteiger partial charge is 0.0220 e. The maximum Gasteiger partial charge on any atom is 0.0220 e. The molecule has 0 aromatic carbocycles. The van der Waals surface area contributed by atoms with E-state index in [1.165, 1.54) is 51.7 Å². The van der Waals surface area contributed by atoms with Gasteiger partial charge in [-0.25, -0.2) is 0 Å². The van der Waals surface area contributed by atoms with Gasteiger partial charge in [-0.15, -0.1) is 0 Å². The number of rotatable bonds is 5. The summed E-state index contributed by atoms with van der Waals surface area (Å²) in [5.74, 6) is 0.909. The molecule has 2 heterocycles. The van der Waals surface area contributed by atoms with Crippen LogP contribution in [0.1, 0.15) is 59.8 Å². The van der Waals surface area contributed by atoms with Crippen LogP contribution in [-0.4, -0.2) is 60.6 Å². The fourth-order valence-corrected chi connectivity index (χ4v) is 4.18. The van der Waals surface area contributed by atoms with Gasteiger partial charge in [-0.05, 0) is 72.5 Å². The number of nitrogens with zero attached hydrogens (tertiary/aromatic N) is 2. The van der Waals surface area contributed by atoms with Gasteiger partial charge >= 0.3 is 0 Å². The summed E-state index contributed by atoms with van der Waals surface area (Å²) in [5.41, 5.74) is 0.232. The first-order valence-electron chi connectivity index (χ1n) is 9.10. The Balaban J connectivity index is 1.91. The predicted octanol–water partition coefficient (Wildman–Crippen LogP) is 2.96.